The molecule has 1 heterocycles. The molecule has 1 aliphatic rings. The molecule has 4 rings (SSSR count). The number of nitrogens with zero attached hydrogens (tertiary/aromatic N) is 3. The average molecular weight is 498 g/mol. The summed E-state index contributed by atoms with van der Waals surface area (Å²) in [6, 6.07) is 14.1. The van der Waals surface area contributed by atoms with Crippen molar-refractivity contribution in [3.8, 4) is 0 Å². The van der Waals surface area contributed by atoms with Gasteiger partial charge in [-0.05, 0) is 48.7 Å². The molecule has 0 bridgehead atoms. The molecule has 10 heteroatoms. The van der Waals surface area contributed by atoms with Crippen molar-refractivity contribution in [3.05, 3.63) is 70.5 Å². The molecular weight excluding hydrogens is 479 g/mol. The number of aliphatic hydroxyl groups is 1. The number of rotatable bonds is 7. The zero-order valence-corrected chi connectivity index (χ0v) is 19.3. The second kappa shape index (κ2) is 9.00. The molecule has 1 fully saturated rings. The van der Waals surface area contributed by atoms with Crippen LogP contribution in [0.3, 0.4) is 0 Å². The highest BCUT2D eigenvalue weighted by Gasteiger charge is 2.58. The lowest BCUT2D eigenvalue weighted by Gasteiger charge is -2.33. The van der Waals surface area contributed by atoms with Gasteiger partial charge >= 0.3 is 0 Å². The van der Waals surface area contributed by atoms with Crippen LogP contribution in [0, 0.1) is 0 Å². The molecule has 0 aliphatic heterocycles. The van der Waals surface area contributed by atoms with Gasteiger partial charge in [-0.2, -0.15) is 5.10 Å². The molecule has 2 aromatic carbocycles. The highest BCUT2D eigenvalue weighted by Crippen LogP contribution is 2.53. The molecule has 1 amide bonds. The van der Waals surface area contributed by atoms with Crippen LogP contribution in [-0.2, 0) is 13.0 Å². The first-order valence-corrected chi connectivity index (χ1v) is 11.5. The average Bonchev–Trinajstić information content (AvgIpc) is 3.36. The number of hydrogen-bond donors (Lipinski definition) is 2. The monoisotopic (exact) mass is 496 g/mol. The number of amides is 1. The largest absolute Gasteiger partial charge is 0.386 e. The third-order valence-corrected chi connectivity index (χ3v) is 7.37. The van der Waals surface area contributed by atoms with Crippen molar-refractivity contribution in [3.63, 3.8) is 0 Å². The predicted molar refractivity (Wildman–Crippen MR) is 124 cm³/mol. The van der Waals surface area contributed by atoms with Crippen molar-refractivity contribution >= 4 is 57.5 Å². The number of anilines is 1. The van der Waals surface area contributed by atoms with E-state index in [4.69, 9.17) is 34.8 Å². The molecular formula is C21H19Cl3N4O2S. The fourth-order valence-corrected chi connectivity index (χ4v) is 4.54. The van der Waals surface area contributed by atoms with E-state index in [0.717, 1.165) is 17.3 Å². The lowest BCUT2D eigenvalue weighted by Crippen LogP contribution is -2.47. The van der Waals surface area contributed by atoms with E-state index >= 15 is 0 Å². The summed E-state index contributed by atoms with van der Waals surface area (Å²) in [5.74, 6) is 0. The van der Waals surface area contributed by atoms with E-state index in [1.165, 1.54) is 11.0 Å². The third kappa shape index (κ3) is 5.18. The number of halogens is 3. The van der Waals surface area contributed by atoms with Crippen molar-refractivity contribution in [2.24, 2.45) is 0 Å². The third-order valence-electron chi connectivity index (χ3n) is 5.23. The molecule has 1 aromatic heterocycles. The van der Waals surface area contributed by atoms with Crippen molar-refractivity contribution in [1.82, 2.24) is 14.8 Å². The van der Waals surface area contributed by atoms with Crippen molar-refractivity contribution < 1.29 is 9.90 Å². The van der Waals surface area contributed by atoms with Crippen LogP contribution >= 0.6 is 46.6 Å². The second-order valence-electron chi connectivity index (χ2n) is 7.49. The van der Waals surface area contributed by atoms with Crippen LogP contribution in [0.2, 0.25) is 10.0 Å². The first-order chi connectivity index (χ1) is 14.8. The number of alkyl halides is 1. The number of carbonyl (C=O) groups excluding carboxylic acids is 1. The molecule has 1 atom stereocenters. The van der Waals surface area contributed by atoms with Crippen LogP contribution in [0.1, 0.15) is 18.4 Å². The molecule has 1 saturated carbocycles. The van der Waals surface area contributed by atoms with Gasteiger partial charge in [0, 0.05) is 33.9 Å². The maximum Gasteiger partial charge on any atom is 0.291 e. The summed E-state index contributed by atoms with van der Waals surface area (Å²) < 4.78 is 1.51. The fourth-order valence-electron chi connectivity index (χ4n) is 3.34. The minimum Gasteiger partial charge on any atom is -0.386 e. The highest BCUT2D eigenvalue weighted by molar-refractivity contribution is 8.13. The van der Waals surface area contributed by atoms with E-state index in [-0.39, 0.29) is 18.2 Å². The van der Waals surface area contributed by atoms with E-state index in [1.807, 2.05) is 18.2 Å². The van der Waals surface area contributed by atoms with E-state index < -0.39 is 10.5 Å². The van der Waals surface area contributed by atoms with Gasteiger partial charge in [0.15, 0.2) is 5.16 Å². The van der Waals surface area contributed by atoms with Crippen molar-refractivity contribution in [2.75, 3.05) is 5.32 Å². The van der Waals surface area contributed by atoms with Crippen molar-refractivity contribution in [2.45, 2.75) is 41.4 Å². The number of nitrogens with one attached hydrogen (secondary N) is 1. The standard InChI is InChI=1S/C21H19Cl3N4O2S/c22-15-5-7-16(8-6-15)27-19(29)31-18-25-13-26-28(18)12-21(30,20(24)9-10-20)11-14-3-1-2-4-17(14)23/h1-8,13,30H,9-12H2,(H,27,29). The predicted octanol–water partition coefficient (Wildman–Crippen LogP) is 5.65. The summed E-state index contributed by atoms with van der Waals surface area (Å²) in [4.78, 5) is 15.9. The lowest BCUT2D eigenvalue weighted by atomic mass is 9.89. The second-order valence-corrected chi connectivity index (χ2v) is 9.99. The number of hydrogen-bond acceptors (Lipinski definition) is 5. The van der Waals surface area contributed by atoms with Gasteiger partial charge in [0.1, 0.15) is 11.9 Å². The Balaban J connectivity index is 1.50. The zero-order valence-electron chi connectivity index (χ0n) is 16.3. The van der Waals surface area contributed by atoms with Gasteiger partial charge in [-0.25, -0.2) is 9.67 Å². The quantitative estimate of drug-likeness (QED) is 0.325. The first-order valence-electron chi connectivity index (χ1n) is 9.55. The van der Waals surface area contributed by atoms with Crippen molar-refractivity contribution in [1.29, 1.82) is 0 Å². The van der Waals surface area contributed by atoms with Gasteiger partial charge in [-0.15, -0.1) is 11.6 Å². The topological polar surface area (TPSA) is 80.0 Å². The van der Waals surface area contributed by atoms with Gasteiger partial charge in [0.25, 0.3) is 5.24 Å². The molecule has 1 unspecified atom stereocenters. The number of aromatic nitrogens is 3. The smallest absolute Gasteiger partial charge is 0.291 e. The SMILES string of the molecule is O=C(Nc1ccc(Cl)cc1)Sc1ncnn1CC(O)(Cc1ccccc1Cl)C1(Cl)CC1. The Labute approximate surface area is 198 Å². The minimum absolute atomic E-state index is 0.0816. The molecule has 3 aromatic rings. The summed E-state index contributed by atoms with van der Waals surface area (Å²) in [7, 11) is 0. The molecule has 0 spiro atoms. The molecule has 1 aliphatic carbocycles. The summed E-state index contributed by atoms with van der Waals surface area (Å²) >= 11 is 19.8. The van der Waals surface area contributed by atoms with E-state index in [2.05, 4.69) is 15.4 Å². The minimum atomic E-state index is -1.31. The first kappa shape index (κ1) is 22.4. The Morgan fingerprint density at radius 2 is 1.90 bits per heavy atom. The van der Waals surface area contributed by atoms with Crippen LogP contribution in [0.4, 0.5) is 10.5 Å². The molecule has 2 N–H and O–H groups in total. The lowest BCUT2D eigenvalue weighted by molar-refractivity contribution is 0.00526. The summed E-state index contributed by atoms with van der Waals surface area (Å²) in [5, 5.41) is 19.7. The molecule has 162 valence electrons. The Bertz CT molecular complexity index is 1090. The van der Waals surface area contributed by atoms with Gasteiger partial charge in [0.05, 0.1) is 11.4 Å². The van der Waals surface area contributed by atoms with E-state index in [1.54, 1.807) is 30.3 Å². The number of benzene rings is 2. The maximum atomic E-state index is 12.5. The summed E-state index contributed by atoms with van der Waals surface area (Å²) in [6.45, 7) is 0.0816. The molecule has 0 saturated heterocycles. The van der Waals surface area contributed by atoms with E-state index in [0.29, 0.717) is 33.7 Å². The maximum absolute atomic E-state index is 12.5. The van der Waals surface area contributed by atoms with Crippen LogP contribution in [0.5, 0.6) is 0 Å². The van der Waals surface area contributed by atoms with Crippen LogP contribution in [-0.4, -0.2) is 35.6 Å². The van der Waals surface area contributed by atoms with Gasteiger partial charge in [-0.3, -0.25) is 4.79 Å². The van der Waals surface area contributed by atoms with Crippen LogP contribution in [0.25, 0.3) is 0 Å². The summed E-state index contributed by atoms with van der Waals surface area (Å²) in [6.07, 6.45) is 2.98. The van der Waals surface area contributed by atoms with Gasteiger partial charge in [-0.1, -0.05) is 41.4 Å². The Kier molecular flexibility index (Phi) is 6.51. The highest BCUT2D eigenvalue weighted by atomic mass is 35.5. The molecule has 6 nitrogen and oxygen atoms in total. The number of thioether (sulfide) groups is 1. The van der Waals surface area contributed by atoms with E-state index in [9.17, 15) is 9.90 Å². The van der Waals surface area contributed by atoms with Gasteiger partial charge < -0.3 is 10.4 Å². The van der Waals surface area contributed by atoms with Crippen LogP contribution < -0.4 is 5.32 Å². The Morgan fingerprint density at radius 3 is 2.58 bits per heavy atom. The Hall–Kier alpha value is -1.77. The number of carbonyl (C=O) groups is 1. The fraction of sp³-hybridized carbons (Fsp3) is 0.286. The zero-order chi connectivity index (χ0) is 22.1. The normalized spacial score (nSPS) is 16.5. The molecule has 0 radical (unpaired) electrons. The van der Waals surface area contributed by atoms with Gasteiger partial charge in [0.2, 0.25) is 0 Å². The molecule has 31 heavy (non-hydrogen) atoms. The summed E-state index contributed by atoms with van der Waals surface area (Å²) in [5.41, 5.74) is 0.101. The van der Waals surface area contributed by atoms with Crippen LogP contribution in [0.15, 0.2) is 60.0 Å². The Morgan fingerprint density at radius 1 is 1.19 bits per heavy atom.